The first-order chi connectivity index (χ1) is 9.27. The molecule has 1 aliphatic heterocycles. The van der Waals surface area contributed by atoms with Gasteiger partial charge in [-0.2, -0.15) is 0 Å². The molecule has 2 N–H and O–H groups in total. The van der Waals surface area contributed by atoms with Gasteiger partial charge in [0.2, 0.25) is 0 Å². The lowest BCUT2D eigenvalue weighted by atomic mass is 10.0. The van der Waals surface area contributed by atoms with Crippen molar-refractivity contribution in [3.05, 3.63) is 46.5 Å². The van der Waals surface area contributed by atoms with Crippen LogP contribution in [-0.4, -0.2) is 22.6 Å². The molecule has 1 aromatic heterocycles. The Hall–Kier alpha value is -1.81. The predicted molar refractivity (Wildman–Crippen MR) is 76.4 cm³/mol. The number of aromatic nitrogens is 2. The molecule has 4 heteroatoms. The van der Waals surface area contributed by atoms with E-state index < -0.39 is 0 Å². The van der Waals surface area contributed by atoms with E-state index in [1.54, 1.807) is 0 Å². The Kier molecular flexibility index (Phi) is 3.25. The average Bonchev–Trinajstić information content (AvgIpc) is 2.75. The van der Waals surface area contributed by atoms with Crippen LogP contribution in [-0.2, 0) is 0 Å². The number of H-pyrrole nitrogens is 1. The summed E-state index contributed by atoms with van der Waals surface area (Å²) in [5, 5.41) is 3.34. The highest BCUT2D eigenvalue weighted by Gasteiger charge is 2.22. The van der Waals surface area contributed by atoms with Gasteiger partial charge in [0.05, 0.1) is 5.69 Å². The minimum absolute atomic E-state index is 0.0169. The molecule has 0 radical (unpaired) electrons. The molecule has 2 heterocycles. The second kappa shape index (κ2) is 5.05. The number of hydrogen-bond acceptors (Lipinski definition) is 2. The molecule has 0 aliphatic carbocycles. The lowest BCUT2D eigenvalue weighted by Crippen LogP contribution is -2.33. The highest BCUT2D eigenvalue weighted by molar-refractivity contribution is 5.62. The molecule has 0 atom stereocenters. The fraction of sp³-hybridized carbons (Fsp3) is 0.400. The molecule has 0 unspecified atom stereocenters. The monoisotopic (exact) mass is 257 g/mol. The number of benzene rings is 1. The minimum atomic E-state index is 0.0169. The van der Waals surface area contributed by atoms with Gasteiger partial charge in [0.25, 0.3) is 0 Å². The molecule has 1 fully saturated rings. The quantitative estimate of drug-likeness (QED) is 0.865. The van der Waals surface area contributed by atoms with Crippen molar-refractivity contribution < 1.29 is 0 Å². The maximum atomic E-state index is 12.2. The van der Waals surface area contributed by atoms with Crippen molar-refractivity contribution in [3.63, 3.8) is 0 Å². The Morgan fingerprint density at radius 3 is 2.53 bits per heavy atom. The van der Waals surface area contributed by atoms with Gasteiger partial charge in [-0.3, -0.25) is 4.57 Å². The van der Waals surface area contributed by atoms with E-state index in [9.17, 15) is 4.79 Å². The number of nitrogens with zero attached hydrogens (tertiary/aromatic N) is 1. The summed E-state index contributed by atoms with van der Waals surface area (Å²) in [6.45, 7) is 3.94. The van der Waals surface area contributed by atoms with Crippen LogP contribution >= 0.6 is 0 Å². The SMILES string of the molecule is Cc1[nH]c(=O)n(C2CCNCC2)c1-c1ccccc1. The third-order valence-corrected chi connectivity index (χ3v) is 3.83. The minimum Gasteiger partial charge on any atom is -0.317 e. The molecule has 0 bridgehead atoms. The van der Waals surface area contributed by atoms with Gasteiger partial charge in [0.1, 0.15) is 0 Å². The fourth-order valence-electron chi connectivity index (χ4n) is 2.93. The zero-order chi connectivity index (χ0) is 13.2. The molecule has 0 saturated carbocycles. The summed E-state index contributed by atoms with van der Waals surface area (Å²) in [4.78, 5) is 15.2. The molecule has 0 spiro atoms. The summed E-state index contributed by atoms with van der Waals surface area (Å²) in [5.41, 5.74) is 3.12. The molecule has 4 nitrogen and oxygen atoms in total. The van der Waals surface area contributed by atoms with E-state index in [2.05, 4.69) is 22.4 Å². The van der Waals surface area contributed by atoms with Crippen LogP contribution < -0.4 is 11.0 Å². The number of piperidine rings is 1. The first-order valence-electron chi connectivity index (χ1n) is 6.84. The molecule has 3 rings (SSSR count). The number of nitrogens with one attached hydrogen (secondary N) is 2. The molecule has 1 saturated heterocycles. The van der Waals surface area contributed by atoms with E-state index in [1.165, 1.54) is 0 Å². The zero-order valence-corrected chi connectivity index (χ0v) is 11.1. The number of aryl methyl sites for hydroxylation is 1. The predicted octanol–water partition coefficient (Wildman–Crippen LogP) is 2.08. The third kappa shape index (κ3) is 2.24. The number of imidazole rings is 1. The third-order valence-electron chi connectivity index (χ3n) is 3.83. The van der Waals surface area contributed by atoms with E-state index in [1.807, 2.05) is 29.7 Å². The lowest BCUT2D eigenvalue weighted by molar-refractivity contribution is 0.364. The van der Waals surface area contributed by atoms with E-state index in [0.717, 1.165) is 42.9 Å². The van der Waals surface area contributed by atoms with Crippen LogP contribution in [0.25, 0.3) is 11.3 Å². The van der Waals surface area contributed by atoms with Gasteiger partial charge in [-0.25, -0.2) is 4.79 Å². The van der Waals surface area contributed by atoms with E-state index >= 15 is 0 Å². The lowest BCUT2D eigenvalue weighted by Gasteiger charge is -2.25. The first kappa shape index (κ1) is 12.2. The van der Waals surface area contributed by atoms with Crippen LogP contribution in [0.15, 0.2) is 35.1 Å². The van der Waals surface area contributed by atoms with Crippen LogP contribution in [0, 0.1) is 6.92 Å². The van der Waals surface area contributed by atoms with Crippen LogP contribution in [0.4, 0.5) is 0 Å². The van der Waals surface area contributed by atoms with Gasteiger partial charge in [0, 0.05) is 17.3 Å². The van der Waals surface area contributed by atoms with Crippen LogP contribution in [0.5, 0.6) is 0 Å². The van der Waals surface area contributed by atoms with E-state index in [0.29, 0.717) is 6.04 Å². The molecule has 1 aromatic carbocycles. The van der Waals surface area contributed by atoms with Crippen LogP contribution in [0.2, 0.25) is 0 Å². The molecular weight excluding hydrogens is 238 g/mol. The maximum Gasteiger partial charge on any atom is 0.326 e. The topological polar surface area (TPSA) is 49.8 Å². The number of aromatic amines is 1. The van der Waals surface area contributed by atoms with Crippen molar-refractivity contribution in [1.82, 2.24) is 14.9 Å². The van der Waals surface area contributed by atoms with Crippen molar-refractivity contribution >= 4 is 0 Å². The van der Waals surface area contributed by atoms with Crippen molar-refractivity contribution in [1.29, 1.82) is 0 Å². The molecule has 19 heavy (non-hydrogen) atoms. The normalized spacial score (nSPS) is 16.7. The van der Waals surface area contributed by atoms with Gasteiger partial charge in [-0.1, -0.05) is 30.3 Å². The second-order valence-electron chi connectivity index (χ2n) is 5.12. The van der Waals surface area contributed by atoms with Gasteiger partial charge < -0.3 is 10.3 Å². The Morgan fingerprint density at radius 2 is 1.84 bits per heavy atom. The Balaban J connectivity index is 2.11. The smallest absolute Gasteiger partial charge is 0.317 e. The van der Waals surface area contributed by atoms with Crippen LogP contribution in [0.3, 0.4) is 0 Å². The fourth-order valence-corrected chi connectivity index (χ4v) is 2.93. The standard InChI is InChI=1S/C15H19N3O/c1-11-14(12-5-3-2-4-6-12)18(15(19)17-11)13-7-9-16-10-8-13/h2-6,13,16H,7-10H2,1H3,(H,17,19). The van der Waals surface area contributed by atoms with Gasteiger partial charge in [-0.05, 0) is 32.9 Å². The molecule has 100 valence electrons. The van der Waals surface area contributed by atoms with Crippen molar-refractivity contribution in [2.75, 3.05) is 13.1 Å². The molecule has 0 amide bonds. The summed E-state index contributed by atoms with van der Waals surface area (Å²) < 4.78 is 1.95. The summed E-state index contributed by atoms with van der Waals surface area (Å²) in [5.74, 6) is 0. The summed E-state index contributed by atoms with van der Waals surface area (Å²) in [6, 6.07) is 10.4. The van der Waals surface area contributed by atoms with Gasteiger partial charge in [0.15, 0.2) is 0 Å². The summed E-state index contributed by atoms with van der Waals surface area (Å²) in [6.07, 6.45) is 2.02. The number of rotatable bonds is 2. The van der Waals surface area contributed by atoms with Crippen molar-refractivity contribution in [3.8, 4) is 11.3 Å². The molecule has 2 aromatic rings. The van der Waals surface area contributed by atoms with Crippen LogP contribution in [0.1, 0.15) is 24.6 Å². The number of hydrogen-bond donors (Lipinski definition) is 2. The van der Waals surface area contributed by atoms with E-state index in [4.69, 9.17) is 0 Å². The van der Waals surface area contributed by atoms with E-state index in [-0.39, 0.29) is 5.69 Å². The Morgan fingerprint density at radius 1 is 1.16 bits per heavy atom. The summed E-state index contributed by atoms with van der Waals surface area (Å²) in [7, 11) is 0. The maximum absolute atomic E-state index is 12.2. The Labute approximate surface area is 112 Å². The summed E-state index contributed by atoms with van der Waals surface area (Å²) >= 11 is 0. The largest absolute Gasteiger partial charge is 0.326 e. The average molecular weight is 257 g/mol. The molecule has 1 aliphatic rings. The highest BCUT2D eigenvalue weighted by Crippen LogP contribution is 2.27. The highest BCUT2D eigenvalue weighted by atomic mass is 16.1. The van der Waals surface area contributed by atoms with Gasteiger partial charge >= 0.3 is 5.69 Å². The van der Waals surface area contributed by atoms with Crippen molar-refractivity contribution in [2.24, 2.45) is 0 Å². The zero-order valence-electron chi connectivity index (χ0n) is 11.1. The van der Waals surface area contributed by atoms with Crippen molar-refractivity contribution in [2.45, 2.75) is 25.8 Å². The molecular formula is C15H19N3O. The second-order valence-corrected chi connectivity index (χ2v) is 5.12. The first-order valence-corrected chi connectivity index (χ1v) is 6.84. The Bertz CT molecular complexity index is 606. The van der Waals surface area contributed by atoms with Gasteiger partial charge in [-0.15, -0.1) is 0 Å².